The largest absolute Gasteiger partial charge is 0.377 e. The number of aryl methyl sites for hydroxylation is 1. The van der Waals surface area contributed by atoms with E-state index >= 15 is 0 Å². The van der Waals surface area contributed by atoms with Crippen molar-refractivity contribution in [1.82, 2.24) is 20.2 Å². The highest BCUT2D eigenvalue weighted by atomic mass is 16.5. The van der Waals surface area contributed by atoms with E-state index in [9.17, 15) is 0 Å². The van der Waals surface area contributed by atoms with Crippen molar-refractivity contribution in [2.75, 3.05) is 18.6 Å². The highest BCUT2D eigenvalue weighted by Gasteiger charge is 2.28. The Bertz CT molecular complexity index is 569. The molecule has 1 fully saturated rings. The average molecular weight is 273 g/mol. The van der Waals surface area contributed by atoms with Crippen LogP contribution in [0.15, 0.2) is 18.5 Å². The summed E-state index contributed by atoms with van der Waals surface area (Å²) >= 11 is 0. The maximum absolute atomic E-state index is 5.14. The number of methoxy groups -OCH3 is 1. The number of aromatic amines is 1. The van der Waals surface area contributed by atoms with Gasteiger partial charge in [-0.25, -0.2) is 9.97 Å². The SMILES string of the molecule is COCc1nc(C)cc(N2CCCC2c2cn[nH]c2)n1. The van der Waals surface area contributed by atoms with Gasteiger partial charge >= 0.3 is 0 Å². The Labute approximate surface area is 118 Å². The van der Waals surface area contributed by atoms with Crippen LogP contribution in [-0.2, 0) is 11.3 Å². The summed E-state index contributed by atoms with van der Waals surface area (Å²) in [4.78, 5) is 11.4. The van der Waals surface area contributed by atoms with Gasteiger partial charge in [-0.2, -0.15) is 5.10 Å². The maximum Gasteiger partial charge on any atom is 0.156 e. The summed E-state index contributed by atoms with van der Waals surface area (Å²) in [5.41, 5.74) is 2.19. The second-order valence-corrected chi connectivity index (χ2v) is 5.10. The fraction of sp³-hybridized carbons (Fsp3) is 0.500. The van der Waals surface area contributed by atoms with Crippen LogP contribution in [0, 0.1) is 6.92 Å². The van der Waals surface area contributed by atoms with Gasteiger partial charge in [0, 0.05) is 37.2 Å². The van der Waals surface area contributed by atoms with Crippen molar-refractivity contribution >= 4 is 5.82 Å². The topological polar surface area (TPSA) is 66.9 Å². The van der Waals surface area contributed by atoms with Crippen LogP contribution in [0.2, 0.25) is 0 Å². The highest BCUT2D eigenvalue weighted by Crippen LogP contribution is 2.34. The van der Waals surface area contributed by atoms with Gasteiger partial charge in [-0.3, -0.25) is 5.10 Å². The Balaban J connectivity index is 1.91. The number of anilines is 1. The Kier molecular flexibility index (Phi) is 3.64. The number of ether oxygens (including phenoxy) is 1. The van der Waals surface area contributed by atoms with Crippen LogP contribution in [0.25, 0.3) is 0 Å². The molecule has 1 unspecified atom stereocenters. The Morgan fingerprint density at radius 2 is 2.35 bits per heavy atom. The smallest absolute Gasteiger partial charge is 0.156 e. The predicted octanol–water partition coefficient (Wildman–Crippen LogP) is 2.00. The van der Waals surface area contributed by atoms with Gasteiger partial charge in [0.2, 0.25) is 0 Å². The summed E-state index contributed by atoms with van der Waals surface area (Å²) in [6.07, 6.45) is 6.15. The number of nitrogens with one attached hydrogen (secondary N) is 1. The van der Waals surface area contributed by atoms with Crippen molar-refractivity contribution in [2.24, 2.45) is 0 Å². The molecule has 0 saturated carbocycles. The van der Waals surface area contributed by atoms with E-state index in [1.807, 2.05) is 25.4 Å². The fourth-order valence-corrected chi connectivity index (χ4v) is 2.78. The second-order valence-electron chi connectivity index (χ2n) is 5.10. The van der Waals surface area contributed by atoms with Crippen molar-refractivity contribution in [1.29, 1.82) is 0 Å². The van der Waals surface area contributed by atoms with E-state index in [0.717, 1.165) is 30.3 Å². The van der Waals surface area contributed by atoms with Crippen LogP contribution in [0.1, 0.15) is 36.0 Å². The van der Waals surface area contributed by atoms with Crippen LogP contribution in [0.4, 0.5) is 5.82 Å². The van der Waals surface area contributed by atoms with E-state index in [-0.39, 0.29) is 0 Å². The molecule has 0 spiro atoms. The minimum absolute atomic E-state index is 0.346. The molecule has 2 aromatic rings. The zero-order valence-electron chi connectivity index (χ0n) is 11.8. The Morgan fingerprint density at radius 1 is 1.45 bits per heavy atom. The van der Waals surface area contributed by atoms with E-state index in [2.05, 4.69) is 25.1 Å². The van der Waals surface area contributed by atoms with Crippen molar-refractivity contribution < 1.29 is 4.74 Å². The molecule has 0 amide bonds. The molecular formula is C14H19N5O. The minimum Gasteiger partial charge on any atom is -0.377 e. The van der Waals surface area contributed by atoms with Gasteiger partial charge in [0.1, 0.15) is 12.4 Å². The average Bonchev–Trinajstić information content (AvgIpc) is 3.09. The first-order chi connectivity index (χ1) is 9.78. The monoisotopic (exact) mass is 273 g/mol. The number of H-pyrrole nitrogens is 1. The lowest BCUT2D eigenvalue weighted by atomic mass is 10.1. The molecule has 0 aliphatic carbocycles. The second kappa shape index (κ2) is 5.58. The first-order valence-electron chi connectivity index (χ1n) is 6.87. The van der Waals surface area contributed by atoms with Gasteiger partial charge < -0.3 is 9.64 Å². The van der Waals surface area contributed by atoms with Gasteiger partial charge in [-0.1, -0.05) is 0 Å². The molecule has 0 bridgehead atoms. The summed E-state index contributed by atoms with van der Waals surface area (Å²) in [6.45, 7) is 3.45. The summed E-state index contributed by atoms with van der Waals surface area (Å²) < 4.78 is 5.14. The summed E-state index contributed by atoms with van der Waals surface area (Å²) in [5, 5.41) is 6.95. The van der Waals surface area contributed by atoms with Gasteiger partial charge in [0.25, 0.3) is 0 Å². The molecule has 3 rings (SSSR count). The van der Waals surface area contributed by atoms with Crippen LogP contribution in [-0.4, -0.2) is 33.8 Å². The molecule has 1 atom stereocenters. The standard InChI is InChI=1S/C14H19N5O/c1-10-6-14(18-13(17-10)9-20-2)19-5-3-4-12(19)11-7-15-16-8-11/h6-8,12H,3-5,9H2,1-2H3,(H,15,16). The number of hydrogen-bond acceptors (Lipinski definition) is 5. The highest BCUT2D eigenvalue weighted by molar-refractivity contribution is 5.44. The van der Waals surface area contributed by atoms with E-state index in [4.69, 9.17) is 4.74 Å². The summed E-state index contributed by atoms with van der Waals surface area (Å²) in [7, 11) is 1.66. The van der Waals surface area contributed by atoms with Crippen LogP contribution >= 0.6 is 0 Å². The molecule has 2 aromatic heterocycles. The van der Waals surface area contributed by atoms with E-state index < -0.39 is 0 Å². The Morgan fingerprint density at radius 3 is 3.10 bits per heavy atom. The first kappa shape index (κ1) is 13.1. The lowest BCUT2D eigenvalue weighted by Crippen LogP contribution is -2.24. The molecule has 6 nitrogen and oxygen atoms in total. The Hall–Kier alpha value is -1.95. The van der Waals surface area contributed by atoms with Gasteiger partial charge in [0.15, 0.2) is 5.82 Å². The van der Waals surface area contributed by atoms with Crippen molar-refractivity contribution in [3.8, 4) is 0 Å². The molecule has 0 aromatic carbocycles. The molecule has 20 heavy (non-hydrogen) atoms. The molecule has 1 aliphatic heterocycles. The molecule has 3 heterocycles. The molecule has 6 heteroatoms. The lowest BCUT2D eigenvalue weighted by molar-refractivity contribution is 0.177. The maximum atomic E-state index is 5.14. The van der Waals surface area contributed by atoms with E-state index in [1.54, 1.807) is 7.11 Å². The predicted molar refractivity (Wildman–Crippen MR) is 75.4 cm³/mol. The van der Waals surface area contributed by atoms with Gasteiger partial charge in [-0.05, 0) is 19.8 Å². The van der Waals surface area contributed by atoms with E-state index in [1.165, 1.54) is 12.0 Å². The number of nitrogens with zero attached hydrogens (tertiary/aromatic N) is 4. The fourth-order valence-electron chi connectivity index (χ4n) is 2.78. The summed E-state index contributed by atoms with van der Waals surface area (Å²) in [6, 6.07) is 2.39. The van der Waals surface area contributed by atoms with Crippen molar-refractivity contribution in [3.05, 3.63) is 35.5 Å². The zero-order chi connectivity index (χ0) is 13.9. The molecule has 0 radical (unpaired) electrons. The number of aromatic nitrogens is 4. The van der Waals surface area contributed by atoms with Crippen molar-refractivity contribution in [2.45, 2.75) is 32.4 Å². The third-order valence-electron chi connectivity index (χ3n) is 3.61. The number of rotatable bonds is 4. The quantitative estimate of drug-likeness (QED) is 0.922. The van der Waals surface area contributed by atoms with Crippen molar-refractivity contribution in [3.63, 3.8) is 0 Å². The van der Waals surface area contributed by atoms with Gasteiger partial charge in [-0.15, -0.1) is 0 Å². The lowest BCUT2D eigenvalue weighted by Gasteiger charge is -2.25. The van der Waals surface area contributed by atoms with Crippen LogP contribution in [0.5, 0.6) is 0 Å². The third kappa shape index (κ3) is 2.51. The molecule has 1 N–H and O–H groups in total. The van der Waals surface area contributed by atoms with Gasteiger partial charge in [0.05, 0.1) is 12.2 Å². The molecule has 1 aliphatic rings. The van der Waals surface area contributed by atoms with Crippen LogP contribution in [0.3, 0.4) is 0 Å². The summed E-state index contributed by atoms with van der Waals surface area (Å²) in [5.74, 6) is 1.72. The third-order valence-corrected chi connectivity index (χ3v) is 3.61. The van der Waals surface area contributed by atoms with Crippen LogP contribution < -0.4 is 4.90 Å². The molecule has 106 valence electrons. The molecule has 1 saturated heterocycles. The van der Waals surface area contributed by atoms with E-state index in [0.29, 0.717) is 12.6 Å². The number of hydrogen-bond donors (Lipinski definition) is 1. The minimum atomic E-state index is 0.346. The first-order valence-corrected chi connectivity index (χ1v) is 6.87. The normalized spacial score (nSPS) is 18.7. The molecular weight excluding hydrogens is 254 g/mol. The zero-order valence-corrected chi connectivity index (χ0v) is 11.8.